The summed E-state index contributed by atoms with van der Waals surface area (Å²) in [5.74, 6) is -0.641. The van der Waals surface area contributed by atoms with Crippen LogP contribution in [-0.4, -0.2) is 45.1 Å². The third kappa shape index (κ3) is 8.00. The highest BCUT2D eigenvalue weighted by atomic mass is 32.2. The predicted molar refractivity (Wildman–Crippen MR) is 76.8 cm³/mol. The predicted octanol–water partition coefficient (Wildman–Crippen LogP) is 1.30. The van der Waals surface area contributed by atoms with Crippen LogP contribution in [0.25, 0.3) is 0 Å². The maximum absolute atomic E-state index is 11.6. The molecule has 0 radical (unpaired) electrons. The van der Waals surface area contributed by atoms with Crippen molar-refractivity contribution in [3.05, 3.63) is 12.7 Å². The van der Waals surface area contributed by atoms with Crippen molar-refractivity contribution >= 4 is 15.7 Å². The molecule has 0 fully saturated rings. The molecule has 0 heterocycles. The van der Waals surface area contributed by atoms with Crippen LogP contribution >= 0.6 is 0 Å². The van der Waals surface area contributed by atoms with Gasteiger partial charge in [0.05, 0.1) is 5.75 Å². The van der Waals surface area contributed by atoms with Gasteiger partial charge in [-0.05, 0) is 19.8 Å². The molecule has 0 aliphatic carbocycles. The van der Waals surface area contributed by atoms with Crippen LogP contribution in [0.3, 0.4) is 0 Å². The fraction of sp³-hybridized carbons (Fsp3) is 0.769. The summed E-state index contributed by atoms with van der Waals surface area (Å²) in [6, 6.07) is 0. The highest BCUT2D eigenvalue weighted by molar-refractivity contribution is 7.92. The first kappa shape index (κ1) is 18.1. The van der Waals surface area contributed by atoms with Gasteiger partial charge in [0, 0.05) is 19.8 Å². The molecule has 0 spiro atoms. The Kier molecular flexibility index (Phi) is 9.51. The second-order valence-corrected chi connectivity index (χ2v) is 6.74. The number of nitrogens with one attached hydrogen (secondary N) is 1. The quantitative estimate of drug-likeness (QED) is 0.460. The molecule has 0 saturated heterocycles. The lowest BCUT2D eigenvalue weighted by Gasteiger charge is -2.12. The van der Waals surface area contributed by atoms with Crippen LogP contribution in [0.5, 0.6) is 0 Å². The number of carbonyl (C=O) groups excluding carboxylic acids is 1. The fourth-order valence-corrected chi connectivity index (χ4v) is 2.38. The lowest BCUT2D eigenvalue weighted by atomic mass is 10.3. The van der Waals surface area contributed by atoms with Gasteiger partial charge in [0.1, 0.15) is 5.25 Å². The van der Waals surface area contributed by atoms with Crippen LogP contribution in [0.2, 0.25) is 0 Å². The van der Waals surface area contributed by atoms with Crippen LogP contribution in [0, 0.1) is 0 Å². The molecule has 1 amide bonds. The molecule has 19 heavy (non-hydrogen) atoms. The Bertz CT molecular complexity index is 365. The zero-order valence-electron chi connectivity index (χ0n) is 11.9. The van der Waals surface area contributed by atoms with Crippen molar-refractivity contribution in [2.75, 3.05) is 25.5 Å². The number of ether oxygens (including phenoxy) is 1. The average molecular weight is 291 g/mol. The van der Waals surface area contributed by atoms with Crippen LogP contribution in [-0.2, 0) is 19.4 Å². The van der Waals surface area contributed by atoms with Gasteiger partial charge in [-0.3, -0.25) is 4.79 Å². The number of hydrogen-bond donors (Lipinski definition) is 1. The molecule has 5 nitrogen and oxygen atoms in total. The molecule has 6 heteroatoms. The third-order valence-electron chi connectivity index (χ3n) is 2.66. The molecule has 0 aliphatic heterocycles. The van der Waals surface area contributed by atoms with E-state index in [2.05, 4.69) is 18.8 Å². The van der Waals surface area contributed by atoms with E-state index in [0.29, 0.717) is 19.6 Å². The highest BCUT2D eigenvalue weighted by Gasteiger charge is 2.26. The van der Waals surface area contributed by atoms with Crippen molar-refractivity contribution in [1.29, 1.82) is 0 Å². The van der Waals surface area contributed by atoms with E-state index < -0.39 is 21.0 Å². The van der Waals surface area contributed by atoms with Crippen molar-refractivity contribution in [1.82, 2.24) is 5.32 Å². The van der Waals surface area contributed by atoms with E-state index in [0.717, 1.165) is 19.4 Å². The summed E-state index contributed by atoms with van der Waals surface area (Å²) in [5, 5.41) is 1.57. The van der Waals surface area contributed by atoms with E-state index in [1.165, 1.54) is 13.0 Å². The molecule has 0 bridgehead atoms. The van der Waals surface area contributed by atoms with Crippen LogP contribution in [0.4, 0.5) is 0 Å². The van der Waals surface area contributed by atoms with Gasteiger partial charge in [-0.1, -0.05) is 19.4 Å². The molecule has 0 aromatic carbocycles. The van der Waals surface area contributed by atoms with Gasteiger partial charge in [0.25, 0.3) is 0 Å². The average Bonchev–Trinajstić information content (AvgIpc) is 2.36. The number of sulfone groups is 1. The van der Waals surface area contributed by atoms with E-state index in [1.807, 2.05) is 0 Å². The summed E-state index contributed by atoms with van der Waals surface area (Å²) in [6.07, 6.45) is 4.10. The SMILES string of the molecule is C=CCS(=O)(=O)C(C)C(=O)NCCCOCCCC. The Morgan fingerprint density at radius 1 is 1.37 bits per heavy atom. The number of amides is 1. The highest BCUT2D eigenvalue weighted by Crippen LogP contribution is 2.02. The smallest absolute Gasteiger partial charge is 0.238 e. The molecule has 112 valence electrons. The normalized spacial score (nSPS) is 12.9. The van der Waals surface area contributed by atoms with Crippen molar-refractivity contribution < 1.29 is 17.9 Å². The van der Waals surface area contributed by atoms with Gasteiger partial charge >= 0.3 is 0 Å². The van der Waals surface area contributed by atoms with E-state index in [9.17, 15) is 13.2 Å². The summed E-state index contributed by atoms with van der Waals surface area (Å²) in [6.45, 7) is 8.60. The Morgan fingerprint density at radius 3 is 2.58 bits per heavy atom. The number of unbranched alkanes of at least 4 members (excludes halogenated alkanes) is 1. The molecule has 0 rings (SSSR count). The summed E-state index contributed by atoms with van der Waals surface area (Å²) in [4.78, 5) is 11.6. The van der Waals surface area contributed by atoms with Gasteiger partial charge in [0.2, 0.25) is 5.91 Å². The van der Waals surface area contributed by atoms with Crippen molar-refractivity contribution in [3.8, 4) is 0 Å². The number of carbonyl (C=O) groups is 1. The lowest BCUT2D eigenvalue weighted by Crippen LogP contribution is -2.39. The van der Waals surface area contributed by atoms with Crippen LogP contribution in [0.1, 0.15) is 33.1 Å². The molecule has 0 aromatic rings. The number of hydrogen-bond acceptors (Lipinski definition) is 4. The number of rotatable bonds is 11. The van der Waals surface area contributed by atoms with Crippen molar-refractivity contribution in [2.45, 2.75) is 38.4 Å². The zero-order valence-corrected chi connectivity index (χ0v) is 12.7. The molecule has 1 N–H and O–H groups in total. The first-order chi connectivity index (χ1) is 8.95. The minimum absolute atomic E-state index is 0.179. The van der Waals surface area contributed by atoms with E-state index in [1.54, 1.807) is 0 Å². The fourth-order valence-electron chi connectivity index (χ4n) is 1.35. The Morgan fingerprint density at radius 2 is 2.00 bits per heavy atom. The summed E-state index contributed by atoms with van der Waals surface area (Å²) < 4.78 is 28.6. The monoisotopic (exact) mass is 291 g/mol. The molecule has 0 saturated carbocycles. The van der Waals surface area contributed by atoms with Gasteiger partial charge in [-0.2, -0.15) is 0 Å². The van der Waals surface area contributed by atoms with Gasteiger partial charge in [-0.15, -0.1) is 6.58 Å². The minimum atomic E-state index is -3.43. The molecular weight excluding hydrogens is 266 g/mol. The molecule has 1 atom stereocenters. The molecule has 1 unspecified atom stereocenters. The topological polar surface area (TPSA) is 72.5 Å². The van der Waals surface area contributed by atoms with E-state index in [4.69, 9.17) is 4.74 Å². The van der Waals surface area contributed by atoms with Gasteiger partial charge in [-0.25, -0.2) is 8.42 Å². The third-order valence-corrected chi connectivity index (χ3v) is 4.66. The minimum Gasteiger partial charge on any atom is -0.381 e. The van der Waals surface area contributed by atoms with Crippen molar-refractivity contribution in [3.63, 3.8) is 0 Å². The second-order valence-electron chi connectivity index (χ2n) is 4.37. The van der Waals surface area contributed by atoms with E-state index >= 15 is 0 Å². The first-order valence-corrected chi connectivity index (χ1v) is 8.35. The standard InChI is InChI=1S/C13H25NO4S/c1-4-6-9-18-10-7-8-14-13(15)12(3)19(16,17)11-5-2/h5,12H,2,4,6-11H2,1,3H3,(H,14,15). The molecule has 0 aliphatic rings. The zero-order chi connectivity index (χ0) is 14.7. The van der Waals surface area contributed by atoms with Crippen LogP contribution in [0.15, 0.2) is 12.7 Å². The second kappa shape index (κ2) is 9.97. The Balaban J connectivity index is 3.83. The Labute approximate surface area is 116 Å². The van der Waals surface area contributed by atoms with E-state index in [-0.39, 0.29) is 5.75 Å². The summed E-state index contributed by atoms with van der Waals surface area (Å²) in [7, 11) is -3.43. The molecule has 0 aromatic heterocycles. The van der Waals surface area contributed by atoms with Crippen LogP contribution < -0.4 is 5.32 Å². The van der Waals surface area contributed by atoms with Crippen molar-refractivity contribution in [2.24, 2.45) is 0 Å². The summed E-state index contributed by atoms with van der Waals surface area (Å²) >= 11 is 0. The first-order valence-electron chi connectivity index (χ1n) is 6.63. The lowest BCUT2D eigenvalue weighted by molar-refractivity contribution is -0.120. The van der Waals surface area contributed by atoms with Gasteiger partial charge in [0.15, 0.2) is 9.84 Å². The Hall–Kier alpha value is -0.880. The maximum Gasteiger partial charge on any atom is 0.238 e. The largest absolute Gasteiger partial charge is 0.381 e. The van der Waals surface area contributed by atoms with Gasteiger partial charge < -0.3 is 10.1 Å². The summed E-state index contributed by atoms with van der Waals surface area (Å²) in [5.41, 5.74) is 0. The molecular formula is C13H25NO4S. The maximum atomic E-state index is 11.6.